The molecule has 11 heteroatoms. The summed E-state index contributed by atoms with van der Waals surface area (Å²) in [6.07, 6.45) is 3.16. The Bertz CT molecular complexity index is 1580. The molecule has 1 aliphatic rings. The molecule has 0 aliphatic heterocycles. The molecule has 0 saturated heterocycles. The molecule has 2 heterocycles. The molecule has 0 unspecified atom stereocenters. The Labute approximate surface area is 241 Å². The summed E-state index contributed by atoms with van der Waals surface area (Å²) >= 11 is 7.45. The lowest BCUT2D eigenvalue weighted by molar-refractivity contribution is -0.126. The van der Waals surface area contributed by atoms with Crippen molar-refractivity contribution in [1.82, 2.24) is 25.1 Å². The molecule has 2 aromatic heterocycles. The van der Waals surface area contributed by atoms with Crippen LogP contribution in [0.4, 0.5) is 5.82 Å². The lowest BCUT2D eigenvalue weighted by Gasteiger charge is -2.28. The molecule has 0 spiro atoms. The number of carbonyl (C=O) groups is 2. The fourth-order valence-electron chi connectivity index (χ4n) is 5.04. The Kier molecular flexibility index (Phi) is 8.86. The van der Waals surface area contributed by atoms with Crippen molar-refractivity contribution < 1.29 is 9.59 Å². The second kappa shape index (κ2) is 12.7. The lowest BCUT2D eigenvalue weighted by atomic mass is 9.81. The first-order valence-electron chi connectivity index (χ1n) is 13.3. The Hall–Kier alpha value is -3.63. The normalized spacial score (nSPS) is 17.1. The number of para-hydroxylation sites is 1. The third-order valence-electron chi connectivity index (χ3n) is 7.20. The number of hydrogen-bond donors (Lipinski definition) is 3. The number of halogens is 1. The number of nitrogens with one attached hydrogen (secondary N) is 3. The first-order chi connectivity index (χ1) is 19.4. The van der Waals surface area contributed by atoms with Gasteiger partial charge >= 0.3 is 0 Å². The number of nitrogens with zero attached hydrogens (tertiary/aromatic N) is 3. The molecule has 2 aromatic carbocycles. The van der Waals surface area contributed by atoms with Gasteiger partial charge in [-0.25, -0.2) is 4.98 Å². The summed E-state index contributed by atoms with van der Waals surface area (Å²) in [5, 5.41) is 14.3. The van der Waals surface area contributed by atoms with E-state index in [1.807, 2.05) is 49.4 Å². The van der Waals surface area contributed by atoms with E-state index in [1.54, 1.807) is 16.7 Å². The molecule has 5 rings (SSSR count). The Morgan fingerprint density at radius 3 is 2.60 bits per heavy atom. The van der Waals surface area contributed by atoms with Crippen LogP contribution in [-0.4, -0.2) is 37.3 Å². The smallest absolute Gasteiger partial charge is 0.262 e. The van der Waals surface area contributed by atoms with Gasteiger partial charge in [0.15, 0.2) is 11.0 Å². The highest BCUT2D eigenvalue weighted by molar-refractivity contribution is 7.99. The van der Waals surface area contributed by atoms with Gasteiger partial charge in [-0.15, -0.1) is 0 Å². The van der Waals surface area contributed by atoms with Crippen LogP contribution in [0.3, 0.4) is 0 Å². The minimum absolute atomic E-state index is 0.0391. The predicted octanol–water partition coefficient (Wildman–Crippen LogP) is 4.94. The van der Waals surface area contributed by atoms with E-state index in [4.69, 9.17) is 16.6 Å². The molecule has 1 saturated carbocycles. The average molecular weight is 579 g/mol. The molecule has 208 valence electrons. The van der Waals surface area contributed by atoms with Crippen LogP contribution in [0.15, 0.2) is 64.5 Å². The van der Waals surface area contributed by atoms with E-state index in [0.717, 1.165) is 36.9 Å². The predicted molar refractivity (Wildman–Crippen MR) is 157 cm³/mol. The van der Waals surface area contributed by atoms with Gasteiger partial charge in [-0.05, 0) is 62.3 Å². The van der Waals surface area contributed by atoms with Crippen LogP contribution in [0.1, 0.15) is 36.9 Å². The molecular formula is C29H31ClN6O3S. The zero-order chi connectivity index (χ0) is 28.1. The van der Waals surface area contributed by atoms with E-state index in [-0.39, 0.29) is 35.0 Å². The van der Waals surface area contributed by atoms with Crippen LogP contribution in [0, 0.1) is 18.8 Å². The minimum Gasteiger partial charge on any atom is -0.352 e. The van der Waals surface area contributed by atoms with Gasteiger partial charge in [-0.1, -0.05) is 53.7 Å². The average Bonchev–Trinajstić information content (AvgIpc) is 3.37. The zero-order valence-electron chi connectivity index (χ0n) is 22.2. The van der Waals surface area contributed by atoms with Crippen LogP contribution in [0.5, 0.6) is 0 Å². The molecule has 9 nitrogen and oxygen atoms in total. The van der Waals surface area contributed by atoms with E-state index in [1.165, 1.54) is 11.8 Å². The van der Waals surface area contributed by atoms with Crippen molar-refractivity contribution in [2.24, 2.45) is 11.8 Å². The SMILES string of the molecule is Cc1cc(NC(=O)CSc2nc3ccccc3c(=O)n2CC2CCC(C(=O)NCc3ccccc3Cl)CC2)n[nH]1. The number of hydrogen-bond acceptors (Lipinski definition) is 6. The van der Waals surface area contributed by atoms with Crippen LogP contribution in [0.2, 0.25) is 5.02 Å². The summed E-state index contributed by atoms with van der Waals surface area (Å²) in [6.45, 7) is 2.76. The summed E-state index contributed by atoms with van der Waals surface area (Å²) in [7, 11) is 0. The fraction of sp³-hybridized carbons (Fsp3) is 0.345. The molecule has 1 aliphatic carbocycles. The highest BCUT2D eigenvalue weighted by Gasteiger charge is 2.27. The lowest BCUT2D eigenvalue weighted by Crippen LogP contribution is -2.34. The molecule has 0 bridgehead atoms. The van der Waals surface area contributed by atoms with Crippen molar-refractivity contribution in [1.29, 1.82) is 0 Å². The maximum atomic E-state index is 13.5. The van der Waals surface area contributed by atoms with Gasteiger partial charge < -0.3 is 10.6 Å². The number of thioether (sulfide) groups is 1. The summed E-state index contributed by atoms with van der Waals surface area (Å²) in [6, 6.07) is 16.5. The molecular weight excluding hydrogens is 548 g/mol. The zero-order valence-corrected chi connectivity index (χ0v) is 23.7. The van der Waals surface area contributed by atoms with Gasteiger partial charge in [0.2, 0.25) is 11.8 Å². The number of aromatic amines is 1. The van der Waals surface area contributed by atoms with Crippen molar-refractivity contribution in [2.45, 2.75) is 50.9 Å². The van der Waals surface area contributed by atoms with Crippen molar-refractivity contribution in [2.75, 3.05) is 11.1 Å². The maximum absolute atomic E-state index is 13.5. The van der Waals surface area contributed by atoms with Gasteiger partial charge in [0.05, 0.1) is 16.7 Å². The third kappa shape index (κ3) is 6.74. The molecule has 40 heavy (non-hydrogen) atoms. The molecule has 3 N–H and O–H groups in total. The summed E-state index contributed by atoms with van der Waals surface area (Å²) < 4.78 is 1.70. The first-order valence-corrected chi connectivity index (χ1v) is 14.7. The van der Waals surface area contributed by atoms with Crippen LogP contribution < -0.4 is 16.2 Å². The maximum Gasteiger partial charge on any atom is 0.262 e. The number of benzene rings is 2. The topological polar surface area (TPSA) is 122 Å². The van der Waals surface area contributed by atoms with Crippen molar-refractivity contribution >= 4 is 51.9 Å². The Morgan fingerprint density at radius 1 is 1.10 bits per heavy atom. The Balaban J connectivity index is 1.23. The van der Waals surface area contributed by atoms with Crippen LogP contribution in [0.25, 0.3) is 10.9 Å². The molecule has 4 aromatic rings. The van der Waals surface area contributed by atoms with Gasteiger partial charge in [0.1, 0.15) is 0 Å². The number of aromatic nitrogens is 4. The van der Waals surface area contributed by atoms with Crippen molar-refractivity contribution in [3.05, 3.63) is 81.2 Å². The van der Waals surface area contributed by atoms with Crippen molar-refractivity contribution in [3.63, 3.8) is 0 Å². The van der Waals surface area contributed by atoms with E-state index in [0.29, 0.717) is 40.0 Å². The van der Waals surface area contributed by atoms with Crippen molar-refractivity contribution in [3.8, 4) is 0 Å². The van der Waals surface area contributed by atoms with E-state index in [9.17, 15) is 14.4 Å². The van der Waals surface area contributed by atoms with E-state index >= 15 is 0 Å². The standard InChI is InChI=1S/C29H31ClN6O3S/c1-18-14-25(35-34-18)33-26(37)17-40-29-32-24-9-5-3-7-22(24)28(39)36(29)16-19-10-12-20(13-11-19)27(38)31-15-21-6-2-4-8-23(21)30/h2-9,14,19-20H,10-13,15-17H2,1H3,(H,31,38)(H2,33,34,35,37). The second-order valence-electron chi connectivity index (χ2n) is 10.1. The van der Waals surface area contributed by atoms with Gasteiger partial charge in [0.25, 0.3) is 5.56 Å². The van der Waals surface area contributed by atoms with Gasteiger partial charge in [-0.3, -0.25) is 24.0 Å². The number of amides is 2. The largest absolute Gasteiger partial charge is 0.352 e. The molecule has 1 fully saturated rings. The minimum atomic E-state index is -0.228. The monoisotopic (exact) mass is 578 g/mol. The second-order valence-corrected chi connectivity index (χ2v) is 11.5. The first kappa shape index (κ1) is 27.9. The Morgan fingerprint density at radius 2 is 1.85 bits per heavy atom. The highest BCUT2D eigenvalue weighted by Crippen LogP contribution is 2.31. The van der Waals surface area contributed by atoms with E-state index in [2.05, 4.69) is 20.8 Å². The number of carbonyl (C=O) groups excluding carboxylic acids is 2. The fourth-order valence-corrected chi connectivity index (χ4v) is 6.05. The number of fused-ring (bicyclic) bond motifs is 1. The number of anilines is 1. The van der Waals surface area contributed by atoms with Crippen LogP contribution in [-0.2, 0) is 22.7 Å². The third-order valence-corrected chi connectivity index (χ3v) is 8.55. The van der Waals surface area contributed by atoms with E-state index < -0.39 is 0 Å². The van der Waals surface area contributed by atoms with Crippen LogP contribution >= 0.6 is 23.4 Å². The number of rotatable bonds is 9. The quantitative estimate of drug-likeness (QED) is 0.191. The summed E-state index contributed by atoms with van der Waals surface area (Å²) in [4.78, 5) is 43.6. The van der Waals surface area contributed by atoms with Gasteiger partial charge in [-0.2, -0.15) is 5.10 Å². The summed E-state index contributed by atoms with van der Waals surface area (Å²) in [5.74, 6) is 0.530. The molecule has 0 atom stereocenters. The highest BCUT2D eigenvalue weighted by atomic mass is 35.5. The number of H-pyrrole nitrogens is 1. The molecule has 2 amide bonds. The summed E-state index contributed by atoms with van der Waals surface area (Å²) in [5.41, 5.74) is 2.23. The number of aryl methyl sites for hydroxylation is 1. The van der Waals surface area contributed by atoms with Gasteiger partial charge in [0, 0.05) is 35.8 Å². The molecule has 0 radical (unpaired) electrons.